The highest BCUT2D eigenvalue weighted by atomic mass is 32.1. The van der Waals surface area contributed by atoms with Crippen LogP contribution >= 0.6 is 11.3 Å². The number of aromatic nitrogens is 2. The van der Waals surface area contributed by atoms with Gasteiger partial charge in [-0.1, -0.05) is 48.5 Å². The SMILES string of the molecule is CN(C)C(=O)C(Nc1nc(-c2cccs2)nc2ccccc12)c1ccccc1. The molecule has 4 rings (SSSR count). The number of anilines is 1. The highest BCUT2D eigenvalue weighted by Gasteiger charge is 2.24. The Kier molecular flexibility index (Phi) is 5.04. The number of amides is 1. The van der Waals surface area contributed by atoms with Crippen molar-refractivity contribution in [1.82, 2.24) is 14.9 Å². The number of hydrogen-bond donors (Lipinski definition) is 1. The molecule has 0 saturated carbocycles. The van der Waals surface area contributed by atoms with Crippen LogP contribution in [0.15, 0.2) is 72.1 Å². The first kappa shape index (κ1) is 18.1. The van der Waals surface area contributed by atoms with Gasteiger partial charge in [-0.2, -0.15) is 0 Å². The van der Waals surface area contributed by atoms with Crippen LogP contribution < -0.4 is 5.32 Å². The van der Waals surface area contributed by atoms with E-state index >= 15 is 0 Å². The van der Waals surface area contributed by atoms with Gasteiger partial charge in [0, 0.05) is 19.5 Å². The number of nitrogens with one attached hydrogen (secondary N) is 1. The molecule has 1 atom stereocenters. The highest BCUT2D eigenvalue weighted by Crippen LogP contribution is 2.30. The summed E-state index contributed by atoms with van der Waals surface area (Å²) in [7, 11) is 3.52. The van der Waals surface area contributed by atoms with Crippen molar-refractivity contribution in [3.05, 3.63) is 77.7 Å². The third-order valence-electron chi connectivity index (χ3n) is 4.45. The number of benzene rings is 2. The van der Waals surface area contributed by atoms with Gasteiger partial charge in [-0.25, -0.2) is 9.97 Å². The topological polar surface area (TPSA) is 58.1 Å². The molecule has 6 heteroatoms. The lowest BCUT2D eigenvalue weighted by molar-refractivity contribution is -0.129. The Balaban J connectivity index is 1.83. The van der Waals surface area contributed by atoms with E-state index in [1.165, 1.54) is 0 Å². The van der Waals surface area contributed by atoms with Gasteiger partial charge in [0.2, 0.25) is 5.91 Å². The number of likely N-dealkylation sites (N-methyl/N-ethyl adjacent to an activating group) is 1. The number of carbonyl (C=O) groups excluding carboxylic acids is 1. The summed E-state index contributed by atoms with van der Waals surface area (Å²) in [5.41, 5.74) is 1.73. The van der Waals surface area contributed by atoms with E-state index in [0.717, 1.165) is 21.3 Å². The number of para-hydroxylation sites is 1. The predicted octanol–water partition coefficient (Wildman–Crippen LogP) is 4.60. The highest BCUT2D eigenvalue weighted by molar-refractivity contribution is 7.13. The number of rotatable bonds is 5. The summed E-state index contributed by atoms with van der Waals surface area (Å²) < 4.78 is 0. The zero-order chi connectivity index (χ0) is 19.5. The molecule has 0 aliphatic heterocycles. The number of thiophene rings is 1. The molecular formula is C22H20N4OS. The molecule has 28 heavy (non-hydrogen) atoms. The lowest BCUT2D eigenvalue weighted by Crippen LogP contribution is -2.32. The quantitative estimate of drug-likeness (QED) is 0.543. The van der Waals surface area contributed by atoms with E-state index in [0.29, 0.717) is 11.6 Å². The van der Waals surface area contributed by atoms with Crippen LogP contribution in [-0.4, -0.2) is 34.9 Å². The molecule has 2 aromatic heterocycles. The average molecular weight is 388 g/mol. The van der Waals surface area contributed by atoms with Crippen LogP contribution in [0.3, 0.4) is 0 Å². The molecule has 2 heterocycles. The van der Waals surface area contributed by atoms with Crippen LogP contribution in [-0.2, 0) is 4.79 Å². The molecular weight excluding hydrogens is 368 g/mol. The van der Waals surface area contributed by atoms with E-state index in [2.05, 4.69) is 5.32 Å². The molecule has 140 valence electrons. The van der Waals surface area contributed by atoms with E-state index in [-0.39, 0.29) is 5.91 Å². The van der Waals surface area contributed by atoms with Crippen molar-refractivity contribution in [2.75, 3.05) is 19.4 Å². The molecule has 2 aromatic carbocycles. The molecule has 0 spiro atoms. The Morgan fingerprint density at radius 3 is 2.43 bits per heavy atom. The first-order chi connectivity index (χ1) is 13.6. The summed E-state index contributed by atoms with van der Waals surface area (Å²) >= 11 is 1.59. The maximum atomic E-state index is 12.9. The fourth-order valence-corrected chi connectivity index (χ4v) is 3.69. The van der Waals surface area contributed by atoms with Gasteiger partial charge in [0.25, 0.3) is 0 Å². The van der Waals surface area contributed by atoms with Crippen LogP contribution in [0.25, 0.3) is 21.6 Å². The van der Waals surface area contributed by atoms with Gasteiger partial charge in [0.15, 0.2) is 5.82 Å². The maximum absolute atomic E-state index is 12.9. The van der Waals surface area contributed by atoms with Gasteiger partial charge in [-0.3, -0.25) is 4.79 Å². The smallest absolute Gasteiger partial charge is 0.249 e. The zero-order valence-corrected chi connectivity index (χ0v) is 16.5. The second-order valence-corrected chi connectivity index (χ2v) is 7.56. The molecule has 0 aliphatic carbocycles. The van der Waals surface area contributed by atoms with Crippen molar-refractivity contribution in [3.63, 3.8) is 0 Å². The summed E-state index contributed by atoms with van der Waals surface area (Å²) in [6.45, 7) is 0. The average Bonchev–Trinajstić information content (AvgIpc) is 3.26. The fraction of sp³-hybridized carbons (Fsp3) is 0.136. The Morgan fingerprint density at radius 1 is 0.964 bits per heavy atom. The molecule has 0 saturated heterocycles. The van der Waals surface area contributed by atoms with E-state index in [1.807, 2.05) is 72.1 Å². The van der Waals surface area contributed by atoms with Gasteiger partial charge in [-0.15, -0.1) is 11.3 Å². The molecule has 1 N–H and O–H groups in total. The summed E-state index contributed by atoms with van der Waals surface area (Å²) in [6.07, 6.45) is 0. The van der Waals surface area contributed by atoms with E-state index in [4.69, 9.17) is 9.97 Å². The second-order valence-electron chi connectivity index (χ2n) is 6.61. The minimum atomic E-state index is -0.536. The summed E-state index contributed by atoms with van der Waals surface area (Å²) in [5, 5.41) is 6.27. The molecule has 0 aliphatic rings. The Bertz CT molecular complexity index is 1090. The third kappa shape index (κ3) is 3.59. The van der Waals surface area contributed by atoms with Gasteiger partial charge < -0.3 is 10.2 Å². The molecule has 1 amide bonds. The first-order valence-electron chi connectivity index (χ1n) is 8.97. The summed E-state index contributed by atoms with van der Waals surface area (Å²) in [5.74, 6) is 1.27. The molecule has 0 bridgehead atoms. The van der Waals surface area contributed by atoms with Crippen molar-refractivity contribution < 1.29 is 4.79 Å². The van der Waals surface area contributed by atoms with Gasteiger partial charge >= 0.3 is 0 Å². The Hall–Kier alpha value is -3.25. The first-order valence-corrected chi connectivity index (χ1v) is 9.85. The van der Waals surface area contributed by atoms with Crippen molar-refractivity contribution in [2.24, 2.45) is 0 Å². The van der Waals surface area contributed by atoms with Crippen LogP contribution in [0.1, 0.15) is 11.6 Å². The fourth-order valence-electron chi connectivity index (χ4n) is 3.03. The van der Waals surface area contributed by atoms with Crippen LogP contribution in [0.4, 0.5) is 5.82 Å². The zero-order valence-electron chi connectivity index (χ0n) is 15.7. The summed E-state index contributed by atoms with van der Waals surface area (Å²) in [6, 6.07) is 21.0. The molecule has 4 aromatic rings. The van der Waals surface area contributed by atoms with Crippen molar-refractivity contribution in [1.29, 1.82) is 0 Å². The van der Waals surface area contributed by atoms with E-state index < -0.39 is 6.04 Å². The lowest BCUT2D eigenvalue weighted by atomic mass is 10.1. The monoisotopic (exact) mass is 388 g/mol. The Morgan fingerprint density at radius 2 is 1.71 bits per heavy atom. The molecule has 0 fully saturated rings. The minimum Gasteiger partial charge on any atom is -0.354 e. The number of hydrogen-bond acceptors (Lipinski definition) is 5. The third-order valence-corrected chi connectivity index (χ3v) is 5.31. The Labute approximate surface area is 167 Å². The number of carbonyl (C=O) groups is 1. The van der Waals surface area contributed by atoms with Crippen LogP contribution in [0.5, 0.6) is 0 Å². The van der Waals surface area contributed by atoms with Gasteiger partial charge in [0.05, 0.1) is 10.4 Å². The van der Waals surface area contributed by atoms with Crippen LogP contribution in [0, 0.1) is 0 Å². The standard InChI is InChI=1S/C22H20N4OS/c1-26(2)22(27)19(15-9-4-3-5-10-15)24-20-16-11-6-7-12-17(16)23-21(25-20)18-13-8-14-28-18/h3-14,19H,1-2H3,(H,23,24,25). The van der Waals surface area contributed by atoms with Crippen molar-refractivity contribution in [3.8, 4) is 10.7 Å². The lowest BCUT2D eigenvalue weighted by Gasteiger charge is -2.23. The molecule has 0 radical (unpaired) electrons. The van der Waals surface area contributed by atoms with E-state index in [9.17, 15) is 4.79 Å². The van der Waals surface area contributed by atoms with Crippen molar-refractivity contribution in [2.45, 2.75) is 6.04 Å². The van der Waals surface area contributed by atoms with Gasteiger partial charge in [-0.05, 0) is 29.1 Å². The second kappa shape index (κ2) is 7.78. The van der Waals surface area contributed by atoms with Gasteiger partial charge in [0.1, 0.15) is 11.9 Å². The normalized spacial score (nSPS) is 11.9. The van der Waals surface area contributed by atoms with Crippen LogP contribution in [0.2, 0.25) is 0 Å². The predicted molar refractivity (Wildman–Crippen MR) is 114 cm³/mol. The molecule has 5 nitrogen and oxygen atoms in total. The van der Waals surface area contributed by atoms with E-state index in [1.54, 1.807) is 30.3 Å². The number of fused-ring (bicyclic) bond motifs is 1. The van der Waals surface area contributed by atoms with Crippen molar-refractivity contribution >= 4 is 34.0 Å². The minimum absolute atomic E-state index is 0.0356. The maximum Gasteiger partial charge on any atom is 0.249 e. The largest absolute Gasteiger partial charge is 0.354 e. The number of nitrogens with zero attached hydrogens (tertiary/aromatic N) is 3. The molecule has 1 unspecified atom stereocenters. The summed E-state index contributed by atoms with van der Waals surface area (Å²) in [4.78, 5) is 25.0.